The second kappa shape index (κ2) is 5.65. The molecule has 3 rings (SSSR count). The van der Waals surface area contributed by atoms with Gasteiger partial charge in [-0.05, 0) is 17.7 Å². The van der Waals surface area contributed by atoms with Crippen LogP contribution in [0.15, 0.2) is 24.4 Å². The molecule has 1 N–H and O–H groups in total. The Morgan fingerprint density at radius 1 is 1.24 bits per heavy atom. The molecule has 0 spiro atoms. The van der Waals surface area contributed by atoms with Crippen molar-refractivity contribution in [3.05, 3.63) is 35.7 Å². The smallest absolute Gasteiger partial charge is 0.231 e. The second-order valence-electron chi connectivity index (χ2n) is 5.29. The Labute approximate surface area is 124 Å². The van der Waals surface area contributed by atoms with Crippen LogP contribution in [0.1, 0.15) is 11.3 Å². The molecule has 1 aromatic carbocycles. The SMILES string of the molecule is CN(C)c1ncc(CNCc2ccc3c(c2)OCO3)n1C. The molecule has 6 nitrogen and oxygen atoms in total. The van der Waals surface area contributed by atoms with E-state index in [9.17, 15) is 0 Å². The highest BCUT2D eigenvalue weighted by Crippen LogP contribution is 2.32. The molecule has 0 radical (unpaired) electrons. The van der Waals surface area contributed by atoms with Crippen LogP contribution < -0.4 is 19.7 Å². The molecule has 1 aromatic heterocycles. The summed E-state index contributed by atoms with van der Waals surface area (Å²) in [6.07, 6.45) is 1.90. The van der Waals surface area contributed by atoms with Gasteiger partial charge in [0.05, 0.1) is 11.9 Å². The molecule has 0 fully saturated rings. The number of rotatable bonds is 5. The van der Waals surface area contributed by atoms with Gasteiger partial charge < -0.3 is 24.3 Å². The van der Waals surface area contributed by atoms with E-state index in [1.807, 2.05) is 44.4 Å². The minimum absolute atomic E-state index is 0.314. The molecule has 6 heteroatoms. The van der Waals surface area contributed by atoms with Crippen LogP contribution in [-0.4, -0.2) is 30.4 Å². The number of aromatic nitrogens is 2. The standard InChI is InChI=1S/C15H20N4O2/c1-18(2)15-17-9-12(19(15)3)8-16-7-11-4-5-13-14(6-11)21-10-20-13/h4-6,9,16H,7-8,10H2,1-3H3. The molecule has 0 saturated heterocycles. The van der Waals surface area contributed by atoms with E-state index in [2.05, 4.69) is 20.9 Å². The monoisotopic (exact) mass is 288 g/mol. The van der Waals surface area contributed by atoms with Crippen molar-refractivity contribution < 1.29 is 9.47 Å². The van der Waals surface area contributed by atoms with E-state index in [1.165, 1.54) is 5.56 Å². The molecular weight excluding hydrogens is 268 g/mol. The highest BCUT2D eigenvalue weighted by Gasteiger charge is 2.13. The van der Waals surface area contributed by atoms with Gasteiger partial charge in [-0.3, -0.25) is 0 Å². The zero-order valence-corrected chi connectivity index (χ0v) is 12.6. The van der Waals surface area contributed by atoms with E-state index in [1.54, 1.807) is 0 Å². The first-order chi connectivity index (χ1) is 10.1. The molecule has 0 saturated carbocycles. The Bertz CT molecular complexity index is 637. The molecule has 2 aromatic rings. The molecule has 0 atom stereocenters. The fraction of sp³-hybridized carbons (Fsp3) is 0.400. The van der Waals surface area contributed by atoms with Gasteiger partial charge in [0.2, 0.25) is 12.7 Å². The Hall–Kier alpha value is -2.21. The zero-order chi connectivity index (χ0) is 14.8. The summed E-state index contributed by atoms with van der Waals surface area (Å²) in [5, 5.41) is 3.43. The number of hydrogen-bond acceptors (Lipinski definition) is 5. The predicted octanol–water partition coefficient (Wildman–Crippen LogP) is 1.50. The van der Waals surface area contributed by atoms with Crippen LogP contribution in [-0.2, 0) is 20.1 Å². The lowest BCUT2D eigenvalue weighted by atomic mass is 10.2. The maximum absolute atomic E-state index is 5.38. The van der Waals surface area contributed by atoms with Gasteiger partial charge in [0.15, 0.2) is 11.5 Å². The Balaban J connectivity index is 1.59. The summed E-state index contributed by atoms with van der Waals surface area (Å²) in [5.74, 6) is 2.60. The minimum Gasteiger partial charge on any atom is -0.454 e. The van der Waals surface area contributed by atoms with E-state index in [-0.39, 0.29) is 0 Å². The van der Waals surface area contributed by atoms with Crippen LogP contribution in [0.3, 0.4) is 0 Å². The van der Waals surface area contributed by atoms with E-state index in [4.69, 9.17) is 9.47 Å². The highest BCUT2D eigenvalue weighted by atomic mass is 16.7. The molecule has 0 amide bonds. The molecule has 0 unspecified atom stereocenters. The predicted molar refractivity (Wildman–Crippen MR) is 80.6 cm³/mol. The average molecular weight is 288 g/mol. The Morgan fingerprint density at radius 3 is 2.81 bits per heavy atom. The van der Waals surface area contributed by atoms with Crippen molar-refractivity contribution in [3.63, 3.8) is 0 Å². The lowest BCUT2D eigenvalue weighted by Crippen LogP contribution is -2.18. The van der Waals surface area contributed by atoms with Gasteiger partial charge in [0, 0.05) is 34.2 Å². The topological polar surface area (TPSA) is 51.6 Å². The maximum Gasteiger partial charge on any atom is 0.231 e. The third kappa shape index (κ3) is 2.80. The lowest BCUT2D eigenvalue weighted by Gasteiger charge is -2.13. The Kier molecular flexibility index (Phi) is 3.70. The number of benzene rings is 1. The van der Waals surface area contributed by atoms with Crippen molar-refractivity contribution in [1.29, 1.82) is 0 Å². The summed E-state index contributed by atoms with van der Waals surface area (Å²) in [6.45, 7) is 1.86. The van der Waals surface area contributed by atoms with Crippen LogP contribution in [0.25, 0.3) is 0 Å². The first kappa shape index (κ1) is 13.8. The van der Waals surface area contributed by atoms with Crippen molar-refractivity contribution in [3.8, 4) is 11.5 Å². The summed E-state index contributed by atoms with van der Waals surface area (Å²) in [6, 6.07) is 6.02. The van der Waals surface area contributed by atoms with E-state index < -0.39 is 0 Å². The summed E-state index contributed by atoms with van der Waals surface area (Å²) >= 11 is 0. The first-order valence-electron chi connectivity index (χ1n) is 6.92. The van der Waals surface area contributed by atoms with E-state index in [0.29, 0.717) is 6.79 Å². The Morgan fingerprint density at radius 2 is 2.05 bits per heavy atom. The third-order valence-electron chi connectivity index (χ3n) is 3.53. The van der Waals surface area contributed by atoms with Gasteiger partial charge in [-0.25, -0.2) is 4.98 Å². The molecule has 112 valence electrons. The third-order valence-corrected chi connectivity index (χ3v) is 3.53. The van der Waals surface area contributed by atoms with Crippen LogP contribution in [0.5, 0.6) is 11.5 Å². The first-order valence-corrected chi connectivity index (χ1v) is 6.92. The molecule has 0 aliphatic carbocycles. The number of imidazole rings is 1. The number of fused-ring (bicyclic) bond motifs is 1. The van der Waals surface area contributed by atoms with Crippen molar-refractivity contribution in [1.82, 2.24) is 14.9 Å². The van der Waals surface area contributed by atoms with Gasteiger partial charge in [-0.15, -0.1) is 0 Å². The fourth-order valence-corrected chi connectivity index (χ4v) is 2.40. The van der Waals surface area contributed by atoms with Crippen LogP contribution in [0.2, 0.25) is 0 Å². The number of ether oxygens (including phenoxy) is 2. The minimum atomic E-state index is 0.314. The fourth-order valence-electron chi connectivity index (χ4n) is 2.40. The zero-order valence-electron chi connectivity index (χ0n) is 12.6. The number of hydrogen-bond donors (Lipinski definition) is 1. The summed E-state index contributed by atoms with van der Waals surface area (Å²) in [5.41, 5.74) is 2.33. The molecule has 1 aliphatic heterocycles. The van der Waals surface area contributed by atoms with Crippen molar-refractivity contribution in [2.75, 3.05) is 25.8 Å². The molecule has 21 heavy (non-hydrogen) atoms. The molecule has 2 heterocycles. The lowest BCUT2D eigenvalue weighted by molar-refractivity contribution is 0.174. The van der Waals surface area contributed by atoms with Crippen LogP contribution >= 0.6 is 0 Å². The molecular formula is C15H20N4O2. The molecule has 1 aliphatic rings. The average Bonchev–Trinajstić information content (AvgIpc) is 3.05. The van der Waals surface area contributed by atoms with Crippen molar-refractivity contribution >= 4 is 5.95 Å². The normalized spacial score (nSPS) is 12.7. The van der Waals surface area contributed by atoms with Crippen molar-refractivity contribution in [2.24, 2.45) is 7.05 Å². The van der Waals surface area contributed by atoms with E-state index >= 15 is 0 Å². The van der Waals surface area contributed by atoms with E-state index in [0.717, 1.165) is 36.2 Å². The number of anilines is 1. The summed E-state index contributed by atoms with van der Waals surface area (Å²) in [4.78, 5) is 6.40. The number of nitrogens with one attached hydrogen (secondary N) is 1. The van der Waals surface area contributed by atoms with Gasteiger partial charge in [-0.2, -0.15) is 0 Å². The maximum atomic E-state index is 5.38. The van der Waals surface area contributed by atoms with Gasteiger partial charge in [0.25, 0.3) is 0 Å². The van der Waals surface area contributed by atoms with Gasteiger partial charge in [-0.1, -0.05) is 6.07 Å². The summed E-state index contributed by atoms with van der Waals surface area (Å²) < 4.78 is 12.8. The highest BCUT2D eigenvalue weighted by molar-refractivity contribution is 5.44. The number of nitrogens with zero attached hydrogens (tertiary/aromatic N) is 3. The van der Waals surface area contributed by atoms with Crippen molar-refractivity contribution in [2.45, 2.75) is 13.1 Å². The molecule has 0 bridgehead atoms. The van der Waals surface area contributed by atoms with Gasteiger partial charge in [0.1, 0.15) is 0 Å². The summed E-state index contributed by atoms with van der Waals surface area (Å²) in [7, 11) is 6.01. The van der Waals surface area contributed by atoms with Crippen LogP contribution in [0.4, 0.5) is 5.95 Å². The second-order valence-corrected chi connectivity index (χ2v) is 5.29. The largest absolute Gasteiger partial charge is 0.454 e. The quantitative estimate of drug-likeness (QED) is 0.903. The van der Waals surface area contributed by atoms with Crippen LogP contribution in [0, 0.1) is 0 Å². The van der Waals surface area contributed by atoms with Gasteiger partial charge >= 0.3 is 0 Å².